The molecule has 1 atom stereocenters. The van der Waals surface area contributed by atoms with E-state index in [0.29, 0.717) is 83.9 Å². The zero-order valence-electron chi connectivity index (χ0n) is 86.8. The van der Waals surface area contributed by atoms with Gasteiger partial charge in [-0.2, -0.15) is 0 Å². The molecular weight excluding hydrogens is 1820 g/mol. The summed E-state index contributed by atoms with van der Waals surface area (Å²) in [5, 5.41) is 36.6. The van der Waals surface area contributed by atoms with Crippen molar-refractivity contribution in [2.75, 3.05) is 67.8 Å². The molecule has 12 aliphatic rings. The van der Waals surface area contributed by atoms with Gasteiger partial charge in [0.15, 0.2) is 0 Å². The second-order valence-electron chi connectivity index (χ2n) is 45.9. The quantitative estimate of drug-likeness (QED) is 0.0200. The average molecular weight is 2000 g/mol. The first-order valence-electron chi connectivity index (χ1n) is 55.9. The van der Waals surface area contributed by atoms with Gasteiger partial charge in [-0.15, -0.1) is 0 Å². The molecule has 12 saturated carbocycles. The first-order valence-corrected chi connectivity index (χ1v) is 55.9. The van der Waals surface area contributed by atoms with Crippen LogP contribution in [0.2, 0.25) is 0 Å². The molecule has 0 heterocycles. The fourth-order valence-electron chi connectivity index (χ4n) is 26.3. The largest absolute Gasteiger partial charge is 0.453 e. The molecule has 0 radical (unpaired) electrons. The molecule has 0 aliphatic heterocycles. The predicted octanol–water partition coefficient (Wildman–Crippen LogP) is 19.8. The Morgan fingerprint density at radius 2 is 0.303 bits per heavy atom. The molecule has 12 N–H and O–H groups in total. The van der Waals surface area contributed by atoms with Crippen molar-refractivity contribution >= 4 is 72.9 Å². The summed E-state index contributed by atoms with van der Waals surface area (Å²) in [6, 6.07) is 0.417. The smallest absolute Gasteiger partial charge is 0.410 e. The molecule has 0 aromatic rings. The highest BCUT2D eigenvalue weighted by Gasteiger charge is 2.42. The van der Waals surface area contributed by atoms with E-state index in [9.17, 15) is 57.5 Å². The minimum atomic E-state index is -1.02. The summed E-state index contributed by atoms with van der Waals surface area (Å²) in [6.45, 7) is 4.17. The van der Waals surface area contributed by atoms with Crippen LogP contribution in [0.15, 0.2) is 0 Å². The first-order chi connectivity index (χ1) is 68.7. The van der Waals surface area contributed by atoms with Gasteiger partial charge >= 0.3 is 67.0 Å². The molecular formula is C107H180N12O23. The summed E-state index contributed by atoms with van der Waals surface area (Å²) in [5.41, 5.74) is -2.03. The van der Waals surface area contributed by atoms with E-state index in [-0.39, 0.29) is 136 Å². The van der Waals surface area contributed by atoms with Crippen LogP contribution in [-0.2, 0) is 56.9 Å². The highest BCUT2D eigenvalue weighted by molar-refractivity contribution is 5.74. The van der Waals surface area contributed by atoms with Crippen LogP contribution in [0.25, 0.3) is 0 Å². The minimum absolute atomic E-state index is 0.0165. The molecule has 12 amide bonds. The Labute approximate surface area is 844 Å². The average Bonchev–Trinajstić information content (AvgIpc) is 0.847. The third kappa shape index (κ3) is 39.7. The number of amides is 12. The number of alkyl carbamates (subject to hydrolysis) is 11. The Kier molecular flexibility index (Phi) is 46.4. The molecule has 12 aliphatic carbocycles. The van der Waals surface area contributed by atoms with Crippen LogP contribution in [0.5, 0.6) is 0 Å². The Morgan fingerprint density at radius 1 is 0.183 bits per heavy atom. The van der Waals surface area contributed by atoms with E-state index in [1.54, 1.807) is 6.92 Å². The lowest BCUT2D eigenvalue weighted by Crippen LogP contribution is -2.46. The van der Waals surface area contributed by atoms with Crippen molar-refractivity contribution in [1.82, 2.24) is 63.8 Å². The van der Waals surface area contributed by atoms with Crippen molar-refractivity contribution in [3.05, 3.63) is 0 Å². The van der Waals surface area contributed by atoms with Crippen molar-refractivity contribution in [2.24, 2.45) is 81.8 Å². The highest BCUT2D eigenvalue weighted by Crippen LogP contribution is 2.44. The van der Waals surface area contributed by atoms with E-state index in [0.717, 1.165) is 340 Å². The standard InChI is InChI=1S/C107H180N12O23/c1-7-106(63-135-98(124)112-87-41-17-75(18-42-87)57-71-9-33-83(34-10-71)108-70(3)120,64-136-99(125)113-88-43-19-76(20-44-88)58-72-11-35-84(36-12-72)109-95(121)132-4)67-139-102(128)116-91-49-25-79(26-50-91)61-81-29-53-93(54-30-81)118-104(130)141-69-142-105(131)119-94-55-31-82(32-56-94)62-80-27-51-92(52-28-80)117-103(129)140-68-107(8-2,65-137-100(126)114-89-45-21-77(22-46-89)59-73-13-37-85(38-14-73)110-96(122)133-5)66-138-101(127)115-90-47-23-78(24-48-90)60-74-15-39-86(40-16-74)111-97(123)134-6/h71-94H,7-69H2,1-6H3,(H,108,120)(H,109,121)(H,110,122)(H,111,123)(H,112,124)(H,113,125)(H,114,126)(H,115,127)(H,116,128)(H,117,129)(H,118,130)(H,119,131). The second-order valence-corrected chi connectivity index (χ2v) is 45.9. The van der Waals surface area contributed by atoms with Crippen molar-refractivity contribution in [1.29, 1.82) is 0 Å². The minimum Gasteiger partial charge on any atom is -0.453 e. The molecule has 0 aromatic carbocycles. The Bertz CT molecular complexity index is 3720. The van der Waals surface area contributed by atoms with Gasteiger partial charge in [0.1, 0.15) is 39.6 Å². The van der Waals surface area contributed by atoms with E-state index >= 15 is 0 Å². The fourth-order valence-corrected chi connectivity index (χ4v) is 26.3. The highest BCUT2D eigenvalue weighted by atomic mass is 16.7. The number of carbonyl (C=O) groups excluding carboxylic acids is 12. The third-order valence-corrected chi connectivity index (χ3v) is 35.6. The van der Waals surface area contributed by atoms with Crippen molar-refractivity contribution in [2.45, 2.75) is 453 Å². The predicted molar refractivity (Wildman–Crippen MR) is 534 cm³/mol. The van der Waals surface area contributed by atoms with E-state index in [4.69, 9.17) is 52.1 Å². The molecule has 806 valence electrons. The molecule has 0 saturated heterocycles. The number of ether oxygens (including phenoxy) is 11. The monoisotopic (exact) mass is 2000 g/mol. The summed E-state index contributed by atoms with van der Waals surface area (Å²) in [6.07, 6.45) is 47.5. The topological polar surface area (TPSA) is 451 Å². The fraction of sp³-hybridized carbons (Fsp3) is 0.888. The van der Waals surface area contributed by atoms with Crippen molar-refractivity contribution < 1.29 is 110 Å². The molecule has 0 spiro atoms. The van der Waals surface area contributed by atoms with Gasteiger partial charge in [0.05, 0.1) is 32.2 Å². The van der Waals surface area contributed by atoms with Crippen LogP contribution in [0.4, 0.5) is 52.7 Å². The molecule has 0 bridgehead atoms. The van der Waals surface area contributed by atoms with Gasteiger partial charge in [-0.1, -0.05) is 13.8 Å². The lowest BCUT2D eigenvalue weighted by molar-refractivity contribution is -0.120. The van der Waals surface area contributed by atoms with Gasteiger partial charge in [-0.3, -0.25) is 4.79 Å². The van der Waals surface area contributed by atoms with Gasteiger partial charge in [-0.25, -0.2) is 52.7 Å². The number of carbonyl (C=O) groups is 12. The van der Waals surface area contributed by atoms with Crippen LogP contribution in [-0.4, -0.2) is 213 Å². The molecule has 35 nitrogen and oxygen atoms in total. The normalized spacial score (nSPS) is 32.1. The second kappa shape index (κ2) is 58.7. The third-order valence-electron chi connectivity index (χ3n) is 35.6. The maximum atomic E-state index is 13.7. The van der Waals surface area contributed by atoms with Gasteiger partial charge < -0.3 is 116 Å². The number of rotatable bonds is 40. The van der Waals surface area contributed by atoms with Gasteiger partial charge in [0, 0.05) is 79.4 Å². The maximum Gasteiger partial charge on any atom is 0.410 e. The van der Waals surface area contributed by atoms with E-state index < -0.39 is 66.4 Å². The van der Waals surface area contributed by atoms with Crippen LogP contribution in [0.1, 0.15) is 380 Å². The van der Waals surface area contributed by atoms with Gasteiger partial charge in [0.25, 0.3) is 0 Å². The number of hydrogen-bond donors (Lipinski definition) is 12. The first kappa shape index (κ1) is 112. The maximum absolute atomic E-state index is 13.7. The van der Waals surface area contributed by atoms with Gasteiger partial charge in [-0.05, 0) is 431 Å². The van der Waals surface area contributed by atoms with E-state index in [2.05, 4.69) is 63.8 Å². The molecule has 142 heavy (non-hydrogen) atoms. The number of nitrogens with one attached hydrogen (secondary N) is 12. The van der Waals surface area contributed by atoms with E-state index in [1.807, 2.05) is 13.8 Å². The van der Waals surface area contributed by atoms with Crippen LogP contribution in [0, 0.1) is 81.8 Å². The molecule has 12 rings (SSSR count). The SMILES string of the molecule is CCC(COC(=O)NC1CCC(CC2CCC(NC(C)=O)CC2)CC1)(COC(=O)NC1CCC(CC2CCC(NC(=O)OC)CC2)CC1)COC(=O)NC1CCC(CC2CCC(NC(=O)OCOC(=O)NC3CCC(CC4CCC(NC(=O)OCC(CC)(COC(=O)NC5CCC(CC6CCC(NC(=O)OC)CC6)CC5)COC(=O)NC5CCC(CC6CCC(NC(=O)OC)CC6)CC5)CC4)CC3)CC2)CC1. The number of methoxy groups -OCH3 is 3. The Hall–Kier alpha value is -8.56. The summed E-state index contributed by atoms with van der Waals surface area (Å²) in [4.78, 5) is 155. The Morgan fingerprint density at radius 3 is 0.423 bits per heavy atom. The summed E-state index contributed by atoms with van der Waals surface area (Å²) in [7, 11) is 4.18. The zero-order chi connectivity index (χ0) is 101. The van der Waals surface area contributed by atoms with Crippen LogP contribution < -0.4 is 63.8 Å². The van der Waals surface area contributed by atoms with Gasteiger partial charge in [0.2, 0.25) is 12.7 Å². The Balaban J connectivity index is 0.496. The molecule has 0 aromatic heterocycles. The molecule has 35 heteroatoms. The summed E-state index contributed by atoms with van der Waals surface area (Å²) in [5.74, 6) is 6.94. The summed E-state index contributed by atoms with van der Waals surface area (Å²) < 4.78 is 61.0. The van der Waals surface area contributed by atoms with Crippen LogP contribution in [0.3, 0.4) is 0 Å². The van der Waals surface area contributed by atoms with E-state index in [1.165, 1.54) is 27.8 Å². The van der Waals surface area contributed by atoms with Crippen molar-refractivity contribution in [3.63, 3.8) is 0 Å². The van der Waals surface area contributed by atoms with Crippen molar-refractivity contribution in [3.8, 4) is 0 Å². The zero-order valence-corrected chi connectivity index (χ0v) is 86.8. The van der Waals surface area contributed by atoms with Crippen LogP contribution >= 0.6 is 0 Å². The molecule has 1 unspecified atom stereocenters. The molecule has 12 fully saturated rings. The lowest BCUT2D eigenvalue weighted by Gasteiger charge is -2.35. The summed E-state index contributed by atoms with van der Waals surface area (Å²) >= 11 is 0. The lowest BCUT2D eigenvalue weighted by atomic mass is 9.75. The number of hydrogen-bond acceptors (Lipinski definition) is 23.